The van der Waals surface area contributed by atoms with Gasteiger partial charge in [0.2, 0.25) is 11.8 Å². The maximum atomic E-state index is 13.7. The van der Waals surface area contributed by atoms with Crippen LogP contribution >= 0.6 is 0 Å². The molecule has 1 fully saturated rings. The van der Waals surface area contributed by atoms with E-state index in [0.29, 0.717) is 19.0 Å². The number of rotatable bonds is 6. The van der Waals surface area contributed by atoms with Gasteiger partial charge in [0.25, 0.3) is 0 Å². The molecule has 2 aromatic rings. The summed E-state index contributed by atoms with van der Waals surface area (Å²) in [7, 11) is -3.82. The van der Waals surface area contributed by atoms with Crippen LogP contribution in [0.5, 0.6) is 0 Å². The highest BCUT2D eigenvalue weighted by molar-refractivity contribution is 7.92. The molecule has 164 valence electrons. The van der Waals surface area contributed by atoms with Gasteiger partial charge in [0, 0.05) is 30.6 Å². The van der Waals surface area contributed by atoms with Crippen LogP contribution in [-0.2, 0) is 25.8 Å². The Bertz CT molecular complexity index is 1160. The highest BCUT2D eigenvalue weighted by Gasteiger charge is 2.37. The van der Waals surface area contributed by atoms with Crippen LogP contribution < -0.4 is 10.2 Å². The summed E-state index contributed by atoms with van der Waals surface area (Å²) in [6.45, 7) is 1.95. The Labute approximate surface area is 179 Å². The molecule has 2 aromatic carbocycles. The standard InChI is InChI=1S/C22H22F2N2O4S/c1-13(10-21(27)25-19-6-4-16(23)12-18(19)24)31(29,30)17-5-7-20-15(11-17)8-9-26(20)22(28)14-2-3-14/h4-7,11-14H,2-3,8-10H2,1H3,(H,25,27)/t13-/m0/s1. The maximum absolute atomic E-state index is 13.7. The van der Waals surface area contributed by atoms with E-state index in [-0.39, 0.29) is 28.8 Å². The quantitative estimate of drug-likeness (QED) is 0.734. The molecule has 1 heterocycles. The number of benzene rings is 2. The van der Waals surface area contributed by atoms with Crippen LogP contribution in [0.25, 0.3) is 0 Å². The number of fused-ring (bicyclic) bond motifs is 1. The van der Waals surface area contributed by atoms with Gasteiger partial charge in [-0.05, 0) is 62.1 Å². The van der Waals surface area contributed by atoms with Crippen molar-refractivity contribution in [3.63, 3.8) is 0 Å². The summed E-state index contributed by atoms with van der Waals surface area (Å²) in [6, 6.07) is 7.39. The summed E-state index contributed by atoms with van der Waals surface area (Å²) in [5.74, 6) is -2.23. The molecular formula is C22H22F2N2O4S. The van der Waals surface area contributed by atoms with Gasteiger partial charge in [0.05, 0.1) is 15.8 Å². The number of nitrogens with zero attached hydrogens (tertiary/aromatic N) is 1. The van der Waals surface area contributed by atoms with Crippen LogP contribution in [0.4, 0.5) is 20.2 Å². The van der Waals surface area contributed by atoms with E-state index in [4.69, 9.17) is 0 Å². The molecule has 1 aliphatic heterocycles. The highest BCUT2D eigenvalue weighted by Crippen LogP contribution is 2.37. The Balaban J connectivity index is 1.46. The van der Waals surface area contributed by atoms with Crippen molar-refractivity contribution in [3.05, 3.63) is 53.6 Å². The number of carbonyl (C=O) groups is 2. The third-order valence-corrected chi connectivity index (χ3v) is 7.81. The zero-order chi connectivity index (χ0) is 22.3. The smallest absolute Gasteiger partial charge is 0.230 e. The Kier molecular flexibility index (Phi) is 5.55. The fourth-order valence-electron chi connectivity index (χ4n) is 3.73. The van der Waals surface area contributed by atoms with Gasteiger partial charge in [-0.2, -0.15) is 0 Å². The zero-order valence-corrected chi connectivity index (χ0v) is 17.7. The van der Waals surface area contributed by atoms with Gasteiger partial charge in [-0.3, -0.25) is 9.59 Å². The van der Waals surface area contributed by atoms with Crippen molar-refractivity contribution >= 4 is 33.0 Å². The number of amides is 2. The van der Waals surface area contributed by atoms with Crippen LogP contribution in [0.15, 0.2) is 41.3 Å². The molecule has 1 aliphatic carbocycles. The molecule has 0 spiro atoms. The average Bonchev–Trinajstić information content (AvgIpc) is 3.48. The van der Waals surface area contributed by atoms with Crippen molar-refractivity contribution in [3.8, 4) is 0 Å². The van der Waals surface area contributed by atoms with Crippen molar-refractivity contribution in [2.75, 3.05) is 16.8 Å². The second kappa shape index (κ2) is 8.03. The molecule has 0 bridgehead atoms. The Morgan fingerprint density at radius 2 is 1.90 bits per heavy atom. The van der Waals surface area contributed by atoms with Gasteiger partial charge in [0.1, 0.15) is 11.6 Å². The molecule has 1 saturated carbocycles. The van der Waals surface area contributed by atoms with E-state index in [0.717, 1.165) is 36.2 Å². The summed E-state index contributed by atoms with van der Waals surface area (Å²) >= 11 is 0. The van der Waals surface area contributed by atoms with Gasteiger partial charge in [-0.25, -0.2) is 17.2 Å². The fourth-order valence-corrected chi connectivity index (χ4v) is 5.13. The topological polar surface area (TPSA) is 83.6 Å². The molecule has 4 rings (SSSR count). The molecule has 9 heteroatoms. The summed E-state index contributed by atoms with van der Waals surface area (Å²) < 4.78 is 52.7. The molecule has 0 aromatic heterocycles. The van der Waals surface area contributed by atoms with Crippen LogP contribution in [0.1, 0.15) is 31.7 Å². The Morgan fingerprint density at radius 1 is 1.16 bits per heavy atom. The van der Waals surface area contributed by atoms with E-state index < -0.39 is 32.6 Å². The first-order valence-corrected chi connectivity index (χ1v) is 11.6. The van der Waals surface area contributed by atoms with E-state index in [1.54, 1.807) is 17.0 Å². The van der Waals surface area contributed by atoms with Crippen molar-refractivity contribution in [2.45, 2.75) is 42.8 Å². The minimum absolute atomic E-state index is 0.0823. The second-order valence-electron chi connectivity index (χ2n) is 8.04. The lowest BCUT2D eigenvalue weighted by molar-refractivity contribution is -0.119. The van der Waals surface area contributed by atoms with Crippen LogP contribution in [-0.4, -0.2) is 32.0 Å². The summed E-state index contributed by atoms with van der Waals surface area (Å²) in [6.07, 6.45) is 2.00. The van der Waals surface area contributed by atoms with Gasteiger partial charge in [0.15, 0.2) is 9.84 Å². The number of hydrogen-bond donors (Lipinski definition) is 1. The zero-order valence-electron chi connectivity index (χ0n) is 16.9. The third-order valence-electron chi connectivity index (χ3n) is 5.68. The van der Waals surface area contributed by atoms with Gasteiger partial charge < -0.3 is 10.2 Å². The lowest BCUT2D eigenvalue weighted by atomic mass is 10.2. The first-order chi connectivity index (χ1) is 14.7. The molecule has 6 nitrogen and oxygen atoms in total. The van der Waals surface area contributed by atoms with Crippen molar-refractivity contribution < 1.29 is 26.8 Å². The SMILES string of the molecule is C[C@@H](CC(=O)Nc1ccc(F)cc1F)S(=O)(=O)c1ccc2c(c1)CCN2C(=O)C1CC1. The van der Waals surface area contributed by atoms with E-state index in [2.05, 4.69) is 5.32 Å². The summed E-state index contributed by atoms with van der Waals surface area (Å²) in [5, 5.41) is 1.22. The van der Waals surface area contributed by atoms with Crippen LogP contribution in [0, 0.1) is 17.6 Å². The molecular weight excluding hydrogens is 426 g/mol. The molecule has 2 amide bonds. The molecule has 0 unspecified atom stereocenters. The monoisotopic (exact) mass is 448 g/mol. The van der Waals surface area contributed by atoms with E-state index in [9.17, 15) is 26.8 Å². The number of sulfone groups is 1. The molecule has 1 N–H and O–H groups in total. The normalized spacial score (nSPS) is 16.7. The number of carbonyl (C=O) groups excluding carboxylic acids is 2. The minimum atomic E-state index is -3.82. The number of anilines is 2. The second-order valence-corrected chi connectivity index (χ2v) is 10.4. The lowest BCUT2D eigenvalue weighted by Gasteiger charge is -2.18. The molecule has 31 heavy (non-hydrogen) atoms. The van der Waals surface area contributed by atoms with E-state index in [1.165, 1.54) is 13.0 Å². The highest BCUT2D eigenvalue weighted by atomic mass is 32.2. The largest absolute Gasteiger partial charge is 0.324 e. The number of halogens is 2. The lowest BCUT2D eigenvalue weighted by Crippen LogP contribution is -2.30. The third kappa shape index (κ3) is 4.32. The van der Waals surface area contributed by atoms with Gasteiger partial charge >= 0.3 is 0 Å². The Morgan fingerprint density at radius 3 is 2.58 bits per heavy atom. The number of nitrogens with one attached hydrogen (secondary N) is 1. The molecule has 0 radical (unpaired) electrons. The predicted octanol–water partition coefficient (Wildman–Crippen LogP) is 3.45. The van der Waals surface area contributed by atoms with E-state index in [1.807, 2.05) is 0 Å². The first kappa shape index (κ1) is 21.4. The fraction of sp³-hybridized carbons (Fsp3) is 0.364. The summed E-state index contributed by atoms with van der Waals surface area (Å²) in [4.78, 5) is 26.4. The van der Waals surface area contributed by atoms with Crippen molar-refractivity contribution in [1.29, 1.82) is 0 Å². The first-order valence-electron chi connectivity index (χ1n) is 10.1. The summed E-state index contributed by atoms with van der Waals surface area (Å²) in [5.41, 5.74) is 1.32. The van der Waals surface area contributed by atoms with Crippen LogP contribution in [0.2, 0.25) is 0 Å². The van der Waals surface area contributed by atoms with Gasteiger partial charge in [-0.15, -0.1) is 0 Å². The number of hydrogen-bond acceptors (Lipinski definition) is 4. The average molecular weight is 448 g/mol. The maximum Gasteiger partial charge on any atom is 0.230 e. The van der Waals surface area contributed by atoms with Crippen molar-refractivity contribution in [1.82, 2.24) is 0 Å². The molecule has 1 atom stereocenters. The van der Waals surface area contributed by atoms with Gasteiger partial charge in [-0.1, -0.05) is 0 Å². The Hall–Kier alpha value is -2.81. The van der Waals surface area contributed by atoms with E-state index >= 15 is 0 Å². The van der Waals surface area contributed by atoms with Crippen molar-refractivity contribution in [2.24, 2.45) is 5.92 Å². The molecule has 0 saturated heterocycles. The minimum Gasteiger partial charge on any atom is -0.324 e. The predicted molar refractivity (Wildman–Crippen MR) is 111 cm³/mol. The van der Waals surface area contributed by atoms with Crippen LogP contribution in [0.3, 0.4) is 0 Å². The molecule has 2 aliphatic rings.